The van der Waals surface area contributed by atoms with Crippen LogP contribution < -0.4 is 14.8 Å². The van der Waals surface area contributed by atoms with Gasteiger partial charge < -0.3 is 10.1 Å². The SMILES string of the molecule is Cc1cc(S(=O)(=O)Nc2ccc(F)cc2)ccc1OCC(=O)N[C@@H]1CCCc2ccccc21. The lowest BCUT2D eigenvalue weighted by molar-refractivity contribution is -0.124. The molecule has 3 aromatic carbocycles. The first-order valence-electron chi connectivity index (χ1n) is 10.7. The standard InChI is InChI=1S/C25H25FN2O4S/c1-17-15-21(33(30,31)28-20-11-9-19(26)10-12-20)13-14-24(17)32-16-25(29)27-23-8-4-6-18-5-2-3-7-22(18)23/h2-3,5,7,9-15,23,28H,4,6,8,16H2,1H3,(H,27,29)/t23-/m1/s1. The van der Waals surface area contributed by atoms with Crippen LogP contribution in [-0.2, 0) is 21.2 Å². The summed E-state index contributed by atoms with van der Waals surface area (Å²) >= 11 is 0. The molecule has 0 aromatic heterocycles. The van der Waals surface area contributed by atoms with Gasteiger partial charge in [0.25, 0.3) is 15.9 Å². The number of fused-ring (bicyclic) bond motifs is 1. The molecule has 0 aliphatic heterocycles. The number of carbonyl (C=O) groups excluding carboxylic acids is 1. The van der Waals surface area contributed by atoms with Crippen LogP contribution in [0.15, 0.2) is 71.6 Å². The third-order valence-corrected chi connectivity index (χ3v) is 7.00. The number of nitrogens with one attached hydrogen (secondary N) is 2. The van der Waals surface area contributed by atoms with E-state index in [4.69, 9.17) is 4.74 Å². The minimum Gasteiger partial charge on any atom is -0.484 e. The molecule has 0 saturated carbocycles. The molecule has 0 spiro atoms. The van der Waals surface area contributed by atoms with Gasteiger partial charge in [-0.05, 0) is 85.3 Å². The van der Waals surface area contributed by atoms with Gasteiger partial charge in [-0.2, -0.15) is 0 Å². The topological polar surface area (TPSA) is 84.5 Å². The van der Waals surface area contributed by atoms with Crippen LogP contribution in [0.5, 0.6) is 5.75 Å². The Balaban J connectivity index is 1.37. The maximum Gasteiger partial charge on any atom is 0.261 e. The molecule has 1 aliphatic carbocycles. The number of rotatable bonds is 7. The van der Waals surface area contributed by atoms with Gasteiger partial charge >= 0.3 is 0 Å². The number of carbonyl (C=O) groups is 1. The van der Waals surface area contributed by atoms with Crippen LogP contribution in [0.3, 0.4) is 0 Å². The highest BCUT2D eigenvalue weighted by molar-refractivity contribution is 7.92. The summed E-state index contributed by atoms with van der Waals surface area (Å²) in [4.78, 5) is 12.5. The number of halogens is 1. The highest BCUT2D eigenvalue weighted by atomic mass is 32.2. The molecule has 3 aromatic rings. The number of amides is 1. The molecule has 33 heavy (non-hydrogen) atoms. The van der Waals surface area contributed by atoms with Crippen molar-refractivity contribution in [2.45, 2.75) is 37.1 Å². The fourth-order valence-corrected chi connectivity index (χ4v) is 5.11. The van der Waals surface area contributed by atoms with Crippen LogP contribution in [0, 0.1) is 12.7 Å². The summed E-state index contributed by atoms with van der Waals surface area (Å²) < 4.78 is 46.4. The van der Waals surface area contributed by atoms with Crippen molar-refractivity contribution in [2.75, 3.05) is 11.3 Å². The van der Waals surface area contributed by atoms with Gasteiger partial charge in [-0.3, -0.25) is 9.52 Å². The van der Waals surface area contributed by atoms with Crippen LogP contribution in [0.4, 0.5) is 10.1 Å². The molecular weight excluding hydrogens is 443 g/mol. The first kappa shape index (κ1) is 22.8. The molecule has 8 heteroatoms. The Labute approximate surface area is 192 Å². The third-order valence-electron chi connectivity index (χ3n) is 5.62. The molecule has 0 heterocycles. The Hall–Kier alpha value is -3.39. The Morgan fingerprint density at radius 2 is 1.85 bits per heavy atom. The molecule has 0 unspecified atom stereocenters. The molecule has 1 amide bonds. The van der Waals surface area contributed by atoms with Crippen molar-refractivity contribution in [1.29, 1.82) is 0 Å². The molecule has 172 valence electrons. The zero-order valence-corrected chi connectivity index (χ0v) is 19.0. The van der Waals surface area contributed by atoms with Crippen LogP contribution in [0.25, 0.3) is 0 Å². The predicted octanol–water partition coefficient (Wildman–Crippen LogP) is 4.51. The molecular formula is C25H25FN2O4S. The van der Waals surface area contributed by atoms with Gasteiger partial charge in [-0.15, -0.1) is 0 Å². The monoisotopic (exact) mass is 468 g/mol. The fraction of sp³-hybridized carbons (Fsp3) is 0.240. The molecule has 1 aliphatic rings. The highest BCUT2D eigenvalue weighted by Gasteiger charge is 2.22. The number of benzene rings is 3. The van der Waals surface area contributed by atoms with E-state index in [2.05, 4.69) is 16.1 Å². The predicted molar refractivity (Wildman–Crippen MR) is 124 cm³/mol. The second kappa shape index (κ2) is 9.62. The van der Waals surface area contributed by atoms with E-state index in [1.807, 2.05) is 18.2 Å². The van der Waals surface area contributed by atoms with E-state index < -0.39 is 15.8 Å². The summed E-state index contributed by atoms with van der Waals surface area (Å²) in [5.41, 5.74) is 3.25. The van der Waals surface area contributed by atoms with Crippen molar-refractivity contribution >= 4 is 21.6 Å². The number of hydrogen-bond donors (Lipinski definition) is 2. The summed E-state index contributed by atoms with van der Waals surface area (Å²) in [7, 11) is -3.85. The summed E-state index contributed by atoms with van der Waals surface area (Å²) in [6, 6.07) is 17.5. The van der Waals surface area contributed by atoms with Crippen molar-refractivity contribution in [1.82, 2.24) is 5.32 Å². The molecule has 0 fully saturated rings. The number of hydrogen-bond acceptors (Lipinski definition) is 4. The van der Waals surface area contributed by atoms with Gasteiger partial charge in [0, 0.05) is 5.69 Å². The Morgan fingerprint density at radius 3 is 2.61 bits per heavy atom. The summed E-state index contributed by atoms with van der Waals surface area (Å²) in [6.45, 7) is 1.54. The van der Waals surface area contributed by atoms with E-state index in [-0.39, 0.29) is 29.1 Å². The first-order valence-corrected chi connectivity index (χ1v) is 12.2. The molecule has 1 atom stereocenters. The van der Waals surface area contributed by atoms with Gasteiger partial charge in [0.2, 0.25) is 0 Å². The average molecular weight is 469 g/mol. The van der Waals surface area contributed by atoms with Crippen molar-refractivity contribution < 1.29 is 22.3 Å². The second-order valence-corrected chi connectivity index (χ2v) is 9.72. The van der Waals surface area contributed by atoms with Crippen LogP contribution in [0.2, 0.25) is 0 Å². The Kier molecular flexibility index (Phi) is 6.65. The molecule has 0 bridgehead atoms. The van der Waals surface area contributed by atoms with Gasteiger partial charge in [-0.1, -0.05) is 24.3 Å². The van der Waals surface area contributed by atoms with E-state index in [9.17, 15) is 17.6 Å². The van der Waals surface area contributed by atoms with Gasteiger partial charge in [-0.25, -0.2) is 12.8 Å². The van der Waals surface area contributed by atoms with Crippen LogP contribution in [-0.4, -0.2) is 20.9 Å². The molecule has 6 nitrogen and oxygen atoms in total. The largest absolute Gasteiger partial charge is 0.484 e. The summed E-state index contributed by atoms with van der Waals surface area (Å²) in [5, 5.41) is 3.04. The maximum absolute atomic E-state index is 13.0. The average Bonchev–Trinajstić information content (AvgIpc) is 2.80. The lowest BCUT2D eigenvalue weighted by Crippen LogP contribution is -2.34. The van der Waals surface area contributed by atoms with Gasteiger partial charge in [0.15, 0.2) is 6.61 Å². The minimum absolute atomic E-state index is 0.0304. The third kappa shape index (κ3) is 5.51. The second-order valence-electron chi connectivity index (χ2n) is 8.04. The number of sulfonamides is 1. The normalized spacial score (nSPS) is 15.4. The smallest absolute Gasteiger partial charge is 0.261 e. The number of ether oxygens (including phenoxy) is 1. The van der Waals surface area contributed by atoms with E-state index in [0.29, 0.717) is 11.3 Å². The van der Waals surface area contributed by atoms with E-state index in [1.54, 1.807) is 6.92 Å². The van der Waals surface area contributed by atoms with Crippen molar-refractivity contribution in [2.24, 2.45) is 0 Å². The van der Waals surface area contributed by atoms with Crippen molar-refractivity contribution in [3.05, 3.63) is 89.2 Å². The van der Waals surface area contributed by atoms with Crippen LogP contribution >= 0.6 is 0 Å². The summed E-state index contributed by atoms with van der Waals surface area (Å²) in [5.74, 6) is -0.257. The molecule has 0 radical (unpaired) electrons. The van der Waals surface area contributed by atoms with Gasteiger partial charge in [0.1, 0.15) is 11.6 Å². The minimum atomic E-state index is -3.85. The highest BCUT2D eigenvalue weighted by Crippen LogP contribution is 2.29. The molecule has 2 N–H and O–H groups in total. The first-order chi connectivity index (χ1) is 15.8. The zero-order valence-electron chi connectivity index (χ0n) is 18.2. The number of anilines is 1. The Bertz CT molecular complexity index is 1260. The summed E-state index contributed by atoms with van der Waals surface area (Å²) in [6.07, 6.45) is 2.92. The molecule has 0 saturated heterocycles. The zero-order chi connectivity index (χ0) is 23.4. The van der Waals surface area contributed by atoms with E-state index in [1.165, 1.54) is 48.0 Å². The quantitative estimate of drug-likeness (QED) is 0.535. The number of aryl methyl sites for hydroxylation is 2. The van der Waals surface area contributed by atoms with Gasteiger partial charge in [0.05, 0.1) is 10.9 Å². The van der Waals surface area contributed by atoms with Crippen molar-refractivity contribution in [3.8, 4) is 5.75 Å². The lowest BCUT2D eigenvalue weighted by Gasteiger charge is -2.26. The van der Waals surface area contributed by atoms with Crippen molar-refractivity contribution in [3.63, 3.8) is 0 Å². The lowest BCUT2D eigenvalue weighted by atomic mass is 9.88. The molecule has 4 rings (SSSR count). The Morgan fingerprint density at radius 1 is 1.09 bits per heavy atom. The van der Waals surface area contributed by atoms with E-state index in [0.717, 1.165) is 24.8 Å². The maximum atomic E-state index is 13.0. The fourth-order valence-electron chi connectivity index (χ4n) is 3.97. The van der Waals surface area contributed by atoms with E-state index >= 15 is 0 Å². The van der Waals surface area contributed by atoms with Crippen LogP contribution in [0.1, 0.15) is 35.6 Å².